The lowest BCUT2D eigenvalue weighted by atomic mass is 10.0. The second-order valence-corrected chi connectivity index (χ2v) is 4.06. The number of nitrogens with two attached hydrogens (primary N) is 1. The number of hydrogen-bond donors (Lipinski definition) is 1. The zero-order chi connectivity index (χ0) is 11.4. The average molecular weight is 215 g/mol. The van der Waals surface area contributed by atoms with Gasteiger partial charge in [0.15, 0.2) is 0 Å². The second-order valence-electron chi connectivity index (χ2n) is 4.06. The zero-order valence-electron chi connectivity index (χ0n) is 9.52. The van der Waals surface area contributed by atoms with Crippen molar-refractivity contribution in [2.75, 3.05) is 0 Å². The Morgan fingerprint density at radius 3 is 2.56 bits per heavy atom. The molecule has 0 radical (unpaired) electrons. The topological polar surface area (TPSA) is 39.2 Å². The van der Waals surface area contributed by atoms with Gasteiger partial charge in [-0.25, -0.2) is 0 Å². The molecule has 0 saturated carbocycles. The Bertz CT molecular complexity index is 433. The fraction of sp³-hybridized carbons (Fsp3) is 0.286. The van der Waals surface area contributed by atoms with E-state index >= 15 is 0 Å². The van der Waals surface area contributed by atoms with E-state index in [0.29, 0.717) is 0 Å². The molecule has 2 aromatic rings. The maximum absolute atomic E-state index is 6.13. The largest absolute Gasteiger partial charge is 0.469 e. The van der Waals surface area contributed by atoms with Crippen LogP contribution in [-0.2, 0) is 6.42 Å². The molecule has 0 spiro atoms. The molecule has 0 saturated heterocycles. The molecular formula is C14H17NO. The summed E-state index contributed by atoms with van der Waals surface area (Å²) in [4.78, 5) is 0. The monoisotopic (exact) mass is 215 g/mol. The highest BCUT2D eigenvalue weighted by Gasteiger charge is 2.10. The van der Waals surface area contributed by atoms with Gasteiger partial charge in [0.1, 0.15) is 5.76 Å². The quantitative estimate of drug-likeness (QED) is 0.850. The first kappa shape index (κ1) is 11.0. The van der Waals surface area contributed by atoms with Crippen molar-refractivity contribution in [3.63, 3.8) is 0 Å². The highest BCUT2D eigenvalue weighted by atomic mass is 16.3. The Hall–Kier alpha value is -1.54. The highest BCUT2D eigenvalue weighted by molar-refractivity contribution is 5.21. The van der Waals surface area contributed by atoms with Crippen LogP contribution in [0.3, 0.4) is 0 Å². The van der Waals surface area contributed by atoms with Crippen LogP contribution in [0.5, 0.6) is 0 Å². The van der Waals surface area contributed by atoms with Gasteiger partial charge in [-0.15, -0.1) is 0 Å². The van der Waals surface area contributed by atoms with Gasteiger partial charge >= 0.3 is 0 Å². The Morgan fingerprint density at radius 2 is 1.94 bits per heavy atom. The van der Waals surface area contributed by atoms with E-state index in [-0.39, 0.29) is 6.04 Å². The lowest BCUT2D eigenvalue weighted by Crippen LogP contribution is -2.11. The summed E-state index contributed by atoms with van der Waals surface area (Å²) in [7, 11) is 0. The van der Waals surface area contributed by atoms with Crippen LogP contribution in [-0.4, -0.2) is 0 Å². The van der Waals surface area contributed by atoms with Crippen molar-refractivity contribution in [3.8, 4) is 0 Å². The summed E-state index contributed by atoms with van der Waals surface area (Å²) in [5, 5.41) is 0. The molecule has 0 aliphatic carbocycles. The number of benzene rings is 1. The van der Waals surface area contributed by atoms with Crippen molar-refractivity contribution in [3.05, 3.63) is 59.5 Å². The number of aryl methyl sites for hydroxylation is 2. The maximum atomic E-state index is 6.13. The van der Waals surface area contributed by atoms with Crippen LogP contribution in [0.25, 0.3) is 0 Å². The van der Waals surface area contributed by atoms with E-state index in [9.17, 15) is 0 Å². The van der Waals surface area contributed by atoms with Crippen LogP contribution in [0, 0.1) is 6.92 Å². The van der Waals surface area contributed by atoms with Crippen LogP contribution in [0.2, 0.25) is 0 Å². The number of hydrogen-bond acceptors (Lipinski definition) is 2. The first-order valence-corrected chi connectivity index (χ1v) is 5.61. The maximum Gasteiger partial charge on any atom is 0.105 e. The molecule has 0 fully saturated rings. The lowest BCUT2D eigenvalue weighted by Gasteiger charge is -2.10. The summed E-state index contributed by atoms with van der Waals surface area (Å²) in [5.74, 6) is 0.931. The molecule has 0 bridgehead atoms. The van der Waals surface area contributed by atoms with E-state index < -0.39 is 0 Å². The Labute approximate surface area is 96.1 Å². The second kappa shape index (κ2) is 4.99. The zero-order valence-corrected chi connectivity index (χ0v) is 9.52. The van der Waals surface area contributed by atoms with Crippen LogP contribution in [0.15, 0.2) is 47.1 Å². The average Bonchev–Trinajstić information content (AvgIpc) is 2.74. The predicted molar refractivity (Wildman–Crippen MR) is 65.1 cm³/mol. The summed E-state index contributed by atoms with van der Waals surface area (Å²) >= 11 is 0. The van der Waals surface area contributed by atoms with Crippen LogP contribution < -0.4 is 5.73 Å². The first-order chi connectivity index (χ1) is 7.77. The van der Waals surface area contributed by atoms with E-state index in [1.54, 1.807) is 6.26 Å². The van der Waals surface area contributed by atoms with Gasteiger partial charge in [-0.05, 0) is 31.4 Å². The van der Waals surface area contributed by atoms with Gasteiger partial charge in [0, 0.05) is 11.6 Å². The molecule has 1 heterocycles. The molecule has 16 heavy (non-hydrogen) atoms. The Kier molecular flexibility index (Phi) is 3.42. The molecule has 2 nitrogen and oxygen atoms in total. The minimum absolute atomic E-state index is 0.0685. The Morgan fingerprint density at radius 1 is 1.19 bits per heavy atom. The number of furan rings is 1. The van der Waals surface area contributed by atoms with Crippen LogP contribution in [0.1, 0.15) is 29.3 Å². The van der Waals surface area contributed by atoms with E-state index in [1.807, 2.05) is 19.1 Å². The van der Waals surface area contributed by atoms with Gasteiger partial charge in [-0.3, -0.25) is 0 Å². The SMILES string of the molecule is Cc1occc1C(N)CCc1ccccc1. The van der Waals surface area contributed by atoms with Crippen molar-refractivity contribution in [1.82, 2.24) is 0 Å². The molecule has 0 aliphatic heterocycles. The lowest BCUT2D eigenvalue weighted by molar-refractivity contribution is 0.520. The molecule has 84 valence electrons. The molecule has 1 aromatic carbocycles. The predicted octanol–water partition coefficient (Wildman–Crippen LogP) is 3.22. The molecule has 0 amide bonds. The van der Waals surface area contributed by atoms with Crippen LogP contribution >= 0.6 is 0 Å². The third-order valence-corrected chi connectivity index (χ3v) is 2.89. The molecule has 1 atom stereocenters. The fourth-order valence-electron chi connectivity index (χ4n) is 1.90. The molecule has 0 aliphatic rings. The molecule has 1 aromatic heterocycles. The van der Waals surface area contributed by atoms with Gasteiger partial charge in [0.25, 0.3) is 0 Å². The summed E-state index contributed by atoms with van der Waals surface area (Å²) in [5.41, 5.74) is 8.58. The Balaban J connectivity index is 1.94. The van der Waals surface area contributed by atoms with Gasteiger partial charge < -0.3 is 10.2 Å². The molecule has 2 N–H and O–H groups in total. The van der Waals surface area contributed by atoms with Gasteiger partial charge in [0.05, 0.1) is 6.26 Å². The summed E-state index contributed by atoms with van der Waals surface area (Å²) < 4.78 is 5.26. The normalized spacial score (nSPS) is 12.6. The fourth-order valence-corrected chi connectivity index (χ4v) is 1.90. The van der Waals surface area contributed by atoms with E-state index in [4.69, 9.17) is 10.2 Å². The van der Waals surface area contributed by atoms with Gasteiger partial charge in [-0.2, -0.15) is 0 Å². The van der Waals surface area contributed by atoms with Crippen molar-refractivity contribution >= 4 is 0 Å². The molecule has 2 heteroatoms. The minimum atomic E-state index is 0.0685. The van der Waals surface area contributed by atoms with Crippen molar-refractivity contribution in [2.24, 2.45) is 5.73 Å². The van der Waals surface area contributed by atoms with Crippen LogP contribution in [0.4, 0.5) is 0 Å². The molecular weight excluding hydrogens is 198 g/mol. The van der Waals surface area contributed by atoms with E-state index in [0.717, 1.165) is 24.2 Å². The van der Waals surface area contributed by atoms with E-state index in [1.165, 1.54) is 5.56 Å². The number of rotatable bonds is 4. The third-order valence-electron chi connectivity index (χ3n) is 2.89. The smallest absolute Gasteiger partial charge is 0.105 e. The van der Waals surface area contributed by atoms with Gasteiger partial charge in [-0.1, -0.05) is 30.3 Å². The minimum Gasteiger partial charge on any atom is -0.469 e. The third kappa shape index (κ3) is 2.52. The van der Waals surface area contributed by atoms with Crippen molar-refractivity contribution < 1.29 is 4.42 Å². The van der Waals surface area contributed by atoms with Crippen molar-refractivity contribution in [1.29, 1.82) is 0 Å². The summed E-state index contributed by atoms with van der Waals surface area (Å²) in [6.45, 7) is 1.96. The van der Waals surface area contributed by atoms with Crippen molar-refractivity contribution in [2.45, 2.75) is 25.8 Å². The molecule has 1 unspecified atom stereocenters. The standard InChI is InChI=1S/C14H17NO/c1-11-13(9-10-16-11)14(15)8-7-12-5-3-2-4-6-12/h2-6,9-10,14H,7-8,15H2,1H3. The van der Waals surface area contributed by atoms with E-state index in [2.05, 4.69) is 24.3 Å². The molecule has 2 rings (SSSR count). The summed E-state index contributed by atoms with van der Waals surface area (Å²) in [6, 6.07) is 12.4. The van der Waals surface area contributed by atoms with Gasteiger partial charge in [0.2, 0.25) is 0 Å². The highest BCUT2D eigenvalue weighted by Crippen LogP contribution is 2.20. The summed E-state index contributed by atoms with van der Waals surface area (Å²) in [6.07, 6.45) is 3.66. The first-order valence-electron chi connectivity index (χ1n) is 5.61.